The normalized spacial score (nSPS) is 30.4. The number of carbonyl (C=O) groups is 1. The Bertz CT molecular complexity index is 533. The summed E-state index contributed by atoms with van der Waals surface area (Å²) in [7, 11) is 1.81. The van der Waals surface area contributed by atoms with Crippen molar-refractivity contribution in [3.8, 4) is 0 Å². The van der Waals surface area contributed by atoms with Gasteiger partial charge in [-0.05, 0) is 44.2 Å². The molecule has 3 atom stereocenters. The molecule has 1 saturated heterocycles. The van der Waals surface area contributed by atoms with E-state index in [1.165, 1.54) is 0 Å². The fourth-order valence-corrected chi connectivity index (χ4v) is 4.34. The first-order chi connectivity index (χ1) is 11.6. The number of fused-ring (bicyclic) bond motifs is 1. The molecular formula is C18H28N2O4. The highest BCUT2D eigenvalue weighted by Crippen LogP contribution is 2.43. The van der Waals surface area contributed by atoms with Gasteiger partial charge < -0.3 is 19.1 Å². The van der Waals surface area contributed by atoms with Crippen LogP contribution in [0.4, 0.5) is 0 Å². The van der Waals surface area contributed by atoms with Gasteiger partial charge in [0.15, 0.2) is 0 Å². The van der Waals surface area contributed by atoms with Crippen molar-refractivity contribution >= 4 is 5.97 Å². The summed E-state index contributed by atoms with van der Waals surface area (Å²) in [5, 5.41) is 8.82. The van der Waals surface area contributed by atoms with Gasteiger partial charge in [-0.15, -0.1) is 0 Å². The zero-order valence-electron chi connectivity index (χ0n) is 14.4. The molecule has 2 aliphatic rings. The highest BCUT2D eigenvalue weighted by molar-refractivity contribution is 5.68. The molecule has 3 rings (SSSR count). The van der Waals surface area contributed by atoms with Gasteiger partial charge in [0.25, 0.3) is 0 Å². The van der Waals surface area contributed by atoms with E-state index in [1.807, 2.05) is 7.11 Å². The van der Waals surface area contributed by atoms with Crippen LogP contribution in [0.25, 0.3) is 0 Å². The lowest BCUT2D eigenvalue weighted by Crippen LogP contribution is -2.52. The van der Waals surface area contributed by atoms with Crippen molar-refractivity contribution < 1.29 is 19.4 Å². The quantitative estimate of drug-likeness (QED) is 0.786. The molecule has 0 spiro atoms. The van der Waals surface area contributed by atoms with Crippen LogP contribution < -0.4 is 0 Å². The first kappa shape index (κ1) is 17.5. The summed E-state index contributed by atoms with van der Waals surface area (Å²) in [4.78, 5) is 13.3. The third-order valence-electron chi connectivity index (χ3n) is 5.62. The number of rotatable bonds is 8. The summed E-state index contributed by atoms with van der Waals surface area (Å²) in [6.07, 6.45) is 9.08. The van der Waals surface area contributed by atoms with Crippen LogP contribution in [0.3, 0.4) is 0 Å². The second-order valence-corrected chi connectivity index (χ2v) is 6.95. The van der Waals surface area contributed by atoms with Crippen molar-refractivity contribution in [1.29, 1.82) is 0 Å². The molecule has 24 heavy (non-hydrogen) atoms. The third-order valence-corrected chi connectivity index (χ3v) is 5.62. The molecule has 2 fully saturated rings. The van der Waals surface area contributed by atoms with Gasteiger partial charge in [-0.3, -0.25) is 4.90 Å². The van der Waals surface area contributed by atoms with Crippen LogP contribution in [0, 0.1) is 0 Å². The Morgan fingerprint density at radius 1 is 1.29 bits per heavy atom. The first-order valence-electron chi connectivity index (χ1n) is 8.86. The highest BCUT2D eigenvalue weighted by Gasteiger charge is 2.50. The Kier molecular flexibility index (Phi) is 5.58. The average Bonchev–Trinajstić information content (AvgIpc) is 3.21. The van der Waals surface area contributed by atoms with E-state index in [4.69, 9.17) is 14.6 Å². The van der Waals surface area contributed by atoms with E-state index >= 15 is 0 Å². The molecule has 0 radical (unpaired) electrons. The van der Waals surface area contributed by atoms with Crippen LogP contribution in [0.1, 0.15) is 32.1 Å². The van der Waals surface area contributed by atoms with Crippen molar-refractivity contribution in [1.82, 2.24) is 9.47 Å². The van der Waals surface area contributed by atoms with E-state index in [0.717, 1.165) is 51.7 Å². The number of aryl methyl sites for hydroxylation is 1. The van der Waals surface area contributed by atoms with E-state index in [0.29, 0.717) is 6.04 Å². The predicted octanol–water partition coefficient (Wildman–Crippen LogP) is 1.99. The van der Waals surface area contributed by atoms with Crippen LogP contribution >= 0.6 is 0 Å². The molecule has 1 aliphatic heterocycles. The number of likely N-dealkylation sites (tertiary alicyclic amines) is 1. The van der Waals surface area contributed by atoms with E-state index in [-0.39, 0.29) is 18.3 Å². The molecule has 6 nitrogen and oxygen atoms in total. The molecule has 134 valence electrons. The van der Waals surface area contributed by atoms with Crippen molar-refractivity contribution in [2.75, 3.05) is 26.8 Å². The van der Waals surface area contributed by atoms with Crippen molar-refractivity contribution in [3.05, 3.63) is 24.5 Å². The fourth-order valence-electron chi connectivity index (χ4n) is 4.34. The average molecular weight is 336 g/mol. The van der Waals surface area contributed by atoms with Crippen LogP contribution in [-0.2, 0) is 20.8 Å². The molecule has 0 amide bonds. The number of carboxylic acid groups (broad SMARTS) is 1. The second-order valence-electron chi connectivity index (χ2n) is 6.95. The monoisotopic (exact) mass is 336 g/mol. The fraction of sp³-hybridized carbons (Fsp3) is 0.722. The topological polar surface area (TPSA) is 63.9 Å². The molecule has 1 aromatic heterocycles. The Morgan fingerprint density at radius 3 is 2.79 bits per heavy atom. The lowest BCUT2D eigenvalue weighted by Gasteiger charge is -2.43. The van der Waals surface area contributed by atoms with E-state index in [2.05, 4.69) is 34.0 Å². The zero-order valence-corrected chi connectivity index (χ0v) is 14.4. The van der Waals surface area contributed by atoms with Gasteiger partial charge in [0, 0.05) is 45.2 Å². The van der Waals surface area contributed by atoms with Gasteiger partial charge in [-0.1, -0.05) is 0 Å². The molecule has 6 heteroatoms. The predicted molar refractivity (Wildman–Crippen MR) is 90.0 cm³/mol. The van der Waals surface area contributed by atoms with Gasteiger partial charge in [0.1, 0.15) is 6.61 Å². The van der Waals surface area contributed by atoms with Gasteiger partial charge in [-0.25, -0.2) is 4.79 Å². The standard InChI is InChI=1S/C18H28N2O4/c1-23-18-6-5-15(24-14-17(21)22)13-16(18)20(12-7-18)11-4-10-19-8-2-3-9-19/h2-3,8-9,15-16H,4-7,10-14H2,1H3,(H,21,22)/t15-,16+,18-/m1/s1. The summed E-state index contributed by atoms with van der Waals surface area (Å²) in [6, 6.07) is 4.44. The number of hydrogen-bond donors (Lipinski definition) is 1. The number of methoxy groups -OCH3 is 1. The molecule has 2 heterocycles. The van der Waals surface area contributed by atoms with Gasteiger partial charge >= 0.3 is 5.97 Å². The van der Waals surface area contributed by atoms with Crippen LogP contribution in [0.15, 0.2) is 24.5 Å². The maximum atomic E-state index is 10.7. The molecular weight excluding hydrogens is 308 g/mol. The van der Waals surface area contributed by atoms with Crippen molar-refractivity contribution in [2.24, 2.45) is 0 Å². The Morgan fingerprint density at radius 2 is 2.08 bits per heavy atom. The maximum absolute atomic E-state index is 10.7. The third kappa shape index (κ3) is 3.82. The molecule has 1 N–H and O–H groups in total. The van der Waals surface area contributed by atoms with Gasteiger partial charge in [-0.2, -0.15) is 0 Å². The highest BCUT2D eigenvalue weighted by atomic mass is 16.5. The molecule has 1 aromatic rings. The largest absolute Gasteiger partial charge is 0.480 e. The first-order valence-corrected chi connectivity index (χ1v) is 8.86. The minimum atomic E-state index is -0.895. The summed E-state index contributed by atoms with van der Waals surface area (Å²) in [6.45, 7) is 2.91. The minimum absolute atomic E-state index is 0.0272. The number of carboxylic acids is 1. The lowest BCUT2D eigenvalue weighted by molar-refractivity contribution is -0.148. The van der Waals surface area contributed by atoms with Crippen molar-refractivity contribution in [2.45, 2.75) is 56.4 Å². The summed E-state index contributed by atoms with van der Waals surface area (Å²) >= 11 is 0. The second kappa shape index (κ2) is 7.68. The summed E-state index contributed by atoms with van der Waals surface area (Å²) in [5.41, 5.74) is -0.0729. The number of aliphatic carboxylic acids is 1. The summed E-state index contributed by atoms with van der Waals surface area (Å²) < 4.78 is 13.7. The lowest BCUT2D eigenvalue weighted by atomic mass is 9.79. The SMILES string of the molecule is CO[C@@]12CC[C@@H](OCC(=O)O)C[C@@H]1N(CCCn1cccc1)CC2. The molecule has 1 saturated carbocycles. The van der Waals surface area contributed by atoms with Gasteiger partial charge in [0.2, 0.25) is 0 Å². The van der Waals surface area contributed by atoms with Crippen molar-refractivity contribution in [3.63, 3.8) is 0 Å². The zero-order chi connectivity index (χ0) is 17.0. The van der Waals surface area contributed by atoms with Gasteiger partial charge in [0.05, 0.1) is 11.7 Å². The van der Waals surface area contributed by atoms with Crippen LogP contribution in [-0.4, -0.2) is 65.1 Å². The van der Waals surface area contributed by atoms with E-state index < -0.39 is 5.97 Å². The van der Waals surface area contributed by atoms with Crippen LogP contribution in [0.5, 0.6) is 0 Å². The van der Waals surface area contributed by atoms with Crippen LogP contribution in [0.2, 0.25) is 0 Å². The molecule has 0 bridgehead atoms. The van der Waals surface area contributed by atoms with E-state index in [9.17, 15) is 4.79 Å². The Labute approximate surface area is 143 Å². The molecule has 1 aliphatic carbocycles. The number of hydrogen-bond acceptors (Lipinski definition) is 4. The summed E-state index contributed by atoms with van der Waals surface area (Å²) in [5.74, 6) is -0.895. The number of aromatic nitrogens is 1. The Balaban J connectivity index is 1.55. The molecule has 0 unspecified atom stereocenters. The molecule has 0 aromatic carbocycles. The number of ether oxygens (including phenoxy) is 2. The minimum Gasteiger partial charge on any atom is -0.480 e. The van der Waals surface area contributed by atoms with E-state index in [1.54, 1.807) is 0 Å². The smallest absolute Gasteiger partial charge is 0.329 e. The number of nitrogens with zero attached hydrogens (tertiary/aromatic N) is 2. The Hall–Kier alpha value is -1.37. The maximum Gasteiger partial charge on any atom is 0.329 e.